The van der Waals surface area contributed by atoms with Gasteiger partial charge in [0.05, 0.1) is 39.4 Å². The average molecular weight is 512 g/mol. The molecule has 0 unspecified atom stereocenters. The molecule has 0 radical (unpaired) electrons. The van der Waals surface area contributed by atoms with Gasteiger partial charge < -0.3 is 5.11 Å². The Morgan fingerprint density at radius 2 is 2.06 bits per heavy atom. The van der Waals surface area contributed by atoms with Gasteiger partial charge in [0.2, 0.25) is 0 Å². The Hall–Kier alpha value is -4.57. The first-order valence-electron chi connectivity index (χ1n) is 10.5. The van der Waals surface area contributed by atoms with Gasteiger partial charge in [0, 0.05) is 33.3 Å². The average Bonchev–Trinajstić information content (AvgIpc) is 3.31. The summed E-state index contributed by atoms with van der Waals surface area (Å²) in [4.78, 5) is 37.2. The fourth-order valence-electron chi connectivity index (χ4n) is 3.84. The van der Waals surface area contributed by atoms with Crippen LogP contribution in [0, 0.1) is 30.1 Å². The lowest BCUT2D eigenvalue weighted by Crippen LogP contribution is -2.23. The van der Waals surface area contributed by atoms with Gasteiger partial charge >= 0.3 is 5.97 Å². The Kier molecular flexibility index (Phi) is 5.95. The number of aromatic carboxylic acids is 1. The van der Waals surface area contributed by atoms with Crippen molar-refractivity contribution in [2.45, 2.75) is 13.5 Å². The first kappa shape index (κ1) is 23.2. The van der Waals surface area contributed by atoms with Crippen LogP contribution in [0.25, 0.3) is 32.2 Å². The molecule has 174 valence electrons. The monoisotopic (exact) mass is 511 g/mol. The van der Waals surface area contributed by atoms with Crippen LogP contribution in [0.5, 0.6) is 0 Å². The molecule has 0 saturated heterocycles. The molecule has 8 nitrogen and oxygen atoms in total. The van der Waals surface area contributed by atoms with Crippen LogP contribution in [-0.2, 0) is 6.54 Å². The minimum absolute atomic E-state index is 0.0772. The second-order valence-corrected chi connectivity index (χ2v) is 9.05. The molecule has 0 aliphatic carbocycles. The van der Waals surface area contributed by atoms with Gasteiger partial charge in [-0.25, -0.2) is 14.8 Å². The quantitative estimate of drug-likeness (QED) is 0.350. The molecule has 0 saturated carbocycles. The van der Waals surface area contributed by atoms with E-state index >= 15 is 0 Å². The SMILES string of the molecule is Cc1nc2cnc(C#N)cc2c(=O)n1CC#Cc1ccc(Cl)cc1-c1ccnc2c(C(=O)O)csc12. The number of nitriles is 1. The number of carboxylic acids is 1. The van der Waals surface area contributed by atoms with Crippen LogP contribution in [-0.4, -0.2) is 30.6 Å². The highest BCUT2D eigenvalue weighted by atomic mass is 35.5. The molecule has 0 fully saturated rings. The first-order chi connectivity index (χ1) is 17.4. The number of benzene rings is 1. The van der Waals surface area contributed by atoms with Crippen LogP contribution >= 0.6 is 22.9 Å². The number of rotatable bonds is 3. The number of hydrogen-bond donors (Lipinski definition) is 1. The fraction of sp³-hybridized carbons (Fsp3) is 0.0769. The van der Waals surface area contributed by atoms with E-state index in [1.807, 2.05) is 6.07 Å². The Balaban J connectivity index is 1.58. The van der Waals surface area contributed by atoms with Crippen molar-refractivity contribution in [3.05, 3.63) is 86.1 Å². The lowest BCUT2D eigenvalue weighted by atomic mass is 10.00. The standard InChI is InChI=1S/C26H14ClN5O3S/c1-14-31-22-12-30-17(11-28)10-20(22)25(33)32(14)8-2-3-15-4-5-16(27)9-19(15)18-6-7-29-23-21(26(34)35)13-36-24(18)23/h4-7,9-10,12-13H,8H2,1H3,(H,34,35). The second-order valence-electron chi connectivity index (χ2n) is 7.73. The predicted molar refractivity (Wildman–Crippen MR) is 137 cm³/mol. The maximum atomic E-state index is 13.0. The summed E-state index contributed by atoms with van der Waals surface area (Å²) in [7, 11) is 0. The maximum Gasteiger partial charge on any atom is 0.338 e. The van der Waals surface area contributed by atoms with Crippen LogP contribution in [0.4, 0.5) is 0 Å². The van der Waals surface area contributed by atoms with Crippen molar-refractivity contribution < 1.29 is 9.90 Å². The number of thiophene rings is 1. The van der Waals surface area contributed by atoms with Crippen LogP contribution in [0.1, 0.15) is 27.4 Å². The first-order valence-corrected chi connectivity index (χ1v) is 11.8. The molecule has 0 amide bonds. The van der Waals surface area contributed by atoms with Crippen molar-refractivity contribution in [2.24, 2.45) is 0 Å². The van der Waals surface area contributed by atoms with Gasteiger partial charge in [-0.15, -0.1) is 11.3 Å². The van der Waals surface area contributed by atoms with Gasteiger partial charge in [0.25, 0.3) is 5.56 Å². The fourth-order valence-corrected chi connectivity index (χ4v) is 5.04. The largest absolute Gasteiger partial charge is 0.478 e. The van der Waals surface area contributed by atoms with Gasteiger partial charge in [0.15, 0.2) is 0 Å². The zero-order valence-electron chi connectivity index (χ0n) is 18.6. The summed E-state index contributed by atoms with van der Waals surface area (Å²) in [5.74, 6) is 5.58. The summed E-state index contributed by atoms with van der Waals surface area (Å²) in [5, 5.41) is 20.9. The lowest BCUT2D eigenvalue weighted by molar-refractivity contribution is 0.0699. The van der Waals surface area contributed by atoms with Crippen LogP contribution in [0.15, 0.2) is 52.9 Å². The number of carbonyl (C=O) groups is 1. The lowest BCUT2D eigenvalue weighted by Gasteiger charge is -2.08. The zero-order valence-corrected chi connectivity index (χ0v) is 20.2. The minimum atomic E-state index is -1.04. The van der Waals surface area contributed by atoms with E-state index in [4.69, 9.17) is 16.9 Å². The van der Waals surface area contributed by atoms with E-state index in [9.17, 15) is 14.7 Å². The van der Waals surface area contributed by atoms with Gasteiger partial charge in [-0.2, -0.15) is 5.26 Å². The minimum Gasteiger partial charge on any atom is -0.478 e. The summed E-state index contributed by atoms with van der Waals surface area (Å²) in [6, 6.07) is 10.4. The van der Waals surface area contributed by atoms with E-state index in [0.717, 1.165) is 11.1 Å². The predicted octanol–water partition coefficient (Wildman–Crippen LogP) is 4.65. The number of carboxylic acid groups (broad SMARTS) is 1. The Bertz CT molecular complexity index is 1870. The van der Waals surface area contributed by atoms with Crippen molar-refractivity contribution >= 4 is 50.0 Å². The molecule has 0 bridgehead atoms. The van der Waals surface area contributed by atoms with Crippen molar-refractivity contribution in [1.29, 1.82) is 5.26 Å². The number of aryl methyl sites for hydroxylation is 1. The molecule has 0 atom stereocenters. The van der Waals surface area contributed by atoms with Crippen molar-refractivity contribution in [3.63, 3.8) is 0 Å². The smallest absolute Gasteiger partial charge is 0.338 e. The summed E-state index contributed by atoms with van der Waals surface area (Å²) in [5.41, 5.74) is 2.94. The number of pyridine rings is 2. The number of halogens is 1. The molecular weight excluding hydrogens is 498 g/mol. The van der Waals surface area contributed by atoms with E-state index < -0.39 is 5.97 Å². The number of fused-ring (bicyclic) bond motifs is 2. The Morgan fingerprint density at radius 3 is 2.83 bits per heavy atom. The highest BCUT2D eigenvalue weighted by Crippen LogP contribution is 2.36. The molecule has 0 aliphatic heterocycles. The van der Waals surface area contributed by atoms with E-state index in [2.05, 4.69) is 26.8 Å². The van der Waals surface area contributed by atoms with E-state index in [1.165, 1.54) is 28.2 Å². The third-order valence-corrected chi connectivity index (χ3v) is 6.80. The number of nitrogens with zero attached hydrogens (tertiary/aromatic N) is 5. The van der Waals surface area contributed by atoms with Gasteiger partial charge in [-0.3, -0.25) is 14.3 Å². The summed E-state index contributed by atoms with van der Waals surface area (Å²) in [6.45, 7) is 1.78. The Morgan fingerprint density at radius 1 is 1.22 bits per heavy atom. The molecule has 5 rings (SSSR count). The zero-order chi connectivity index (χ0) is 25.4. The van der Waals surface area contributed by atoms with Gasteiger partial charge in [-0.05, 0) is 37.3 Å². The topological polar surface area (TPSA) is 122 Å². The van der Waals surface area contributed by atoms with Crippen molar-refractivity contribution in [1.82, 2.24) is 19.5 Å². The third kappa shape index (κ3) is 4.07. The number of aromatic nitrogens is 4. The highest BCUT2D eigenvalue weighted by Gasteiger charge is 2.17. The summed E-state index contributed by atoms with van der Waals surface area (Å²) in [6.07, 6.45) is 2.97. The molecule has 4 aromatic heterocycles. The molecule has 36 heavy (non-hydrogen) atoms. The maximum absolute atomic E-state index is 13.0. The molecule has 1 aromatic carbocycles. The van der Waals surface area contributed by atoms with Gasteiger partial charge in [0.1, 0.15) is 17.6 Å². The number of hydrogen-bond acceptors (Lipinski definition) is 7. The van der Waals surface area contributed by atoms with Crippen LogP contribution < -0.4 is 5.56 Å². The summed E-state index contributed by atoms with van der Waals surface area (Å²) < 4.78 is 2.16. The van der Waals surface area contributed by atoms with Gasteiger partial charge in [-0.1, -0.05) is 23.4 Å². The third-order valence-electron chi connectivity index (χ3n) is 5.56. The Labute approximate surface area is 213 Å². The second kappa shape index (κ2) is 9.23. The highest BCUT2D eigenvalue weighted by molar-refractivity contribution is 7.18. The van der Waals surface area contributed by atoms with E-state index in [1.54, 1.807) is 42.8 Å². The normalized spacial score (nSPS) is 10.7. The summed E-state index contributed by atoms with van der Waals surface area (Å²) >= 11 is 7.58. The van der Waals surface area contributed by atoms with Crippen molar-refractivity contribution in [2.75, 3.05) is 0 Å². The molecular formula is C26H14ClN5O3S. The van der Waals surface area contributed by atoms with Crippen LogP contribution in [0.2, 0.25) is 5.02 Å². The van der Waals surface area contributed by atoms with Crippen molar-refractivity contribution in [3.8, 4) is 29.0 Å². The molecule has 1 N–H and O–H groups in total. The molecule has 10 heteroatoms. The molecule has 5 aromatic rings. The van der Waals surface area contributed by atoms with Crippen LogP contribution in [0.3, 0.4) is 0 Å². The molecule has 0 aliphatic rings. The van der Waals surface area contributed by atoms with E-state index in [0.29, 0.717) is 37.5 Å². The van der Waals surface area contributed by atoms with E-state index in [-0.39, 0.29) is 23.4 Å². The molecule has 4 heterocycles. The molecule has 0 spiro atoms.